The van der Waals surface area contributed by atoms with Crippen LogP contribution in [0.15, 0.2) is 0 Å². The minimum atomic E-state index is -3.13. The van der Waals surface area contributed by atoms with Crippen LogP contribution >= 0.6 is 11.6 Å². The minimum Gasteiger partial charge on any atom is -0.212 e. The van der Waals surface area contributed by atoms with Crippen LogP contribution < -0.4 is 4.72 Å². The van der Waals surface area contributed by atoms with Gasteiger partial charge in [-0.3, -0.25) is 0 Å². The van der Waals surface area contributed by atoms with Crippen molar-refractivity contribution in [2.24, 2.45) is 5.41 Å². The second kappa shape index (κ2) is 5.33. The zero-order valence-electron chi connectivity index (χ0n) is 9.30. The molecule has 1 atom stereocenters. The molecule has 0 aromatic carbocycles. The molecule has 0 rings (SSSR count). The summed E-state index contributed by atoms with van der Waals surface area (Å²) in [7, 11) is -3.13. The van der Waals surface area contributed by atoms with Crippen LogP contribution in [0, 0.1) is 5.41 Å². The standard InChI is InChI=1S/C9H20ClNO2S/c1-5-14(12,13)11-8(6-7-10)9(2,3)4/h8,11H,5-7H2,1-4H3. The average Bonchev–Trinajstić information content (AvgIpc) is 2.02. The number of sulfonamides is 1. The molecule has 0 aliphatic carbocycles. The molecule has 0 fully saturated rings. The van der Waals surface area contributed by atoms with Gasteiger partial charge in [0, 0.05) is 11.9 Å². The Morgan fingerprint density at radius 2 is 1.86 bits per heavy atom. The van der Waals surface area contributed by atoms with Gasteiger partial charge in [-0.1, -0.05) is 20.8 Å². The van der Waals surface area contributed by atoms with E-state index < -0.39 is 10.0 Å². The first-order valence-electron chi connectivity index (χ1n) is 4.79. The van der Waals surface area contributed by atoms with Crippen LogP contribution in [0.5, 0.6) is 0 Å². The monoisotopic (exact) mass is 241 g/mol. The van der Waals surface area contributed by atoms with Crippen LogP contribution in [0.25, 0.3) is 0 Å². The highest BCUT2D eigenvalue weighted by Gasteiger charge is 2.27. The Kier molecular flexibility index (Phi) is 5.41. The van der Waals surface area contributed by atoms with E-state index in [0.717, 1.165) is 0 Å². The van der Waals surface area contributed by atoms with Gasteiger partial charge >= 0.3 is 0 Å². The van der Waals surface area contributed by atoms with Crippen LogP contribution in [0.3, 0.4) is 0 Å². The molecule has 0 spiro atoms. The summed E-state index contributed by atoms with van der Waals surface area (Å²) in [5, 5.41) is 0. The van der Waals surface area contributed by atoms with Crippen molar-refractivity contribution in [1.82, 2.24) is 4.72 Å². The van der Waals surface area contributed by atoms with Gasteiger partial charge in [0.2, 0.25) is 10.0 Å². The third-order valence-electron chi connectivity index (χ3n) is 2.15. The first-order chi connectivity index (χ1) is 6.23. The Hall–Kier alpha value is 0.200. The second-order valence-electron chi connectivity index (χ2n) is 4.42. The zero-order chi connectivity index (χ0) is 11.4. The Balaban J connectivity index is 4.55. The summed E-state index contributed by atoms with van der Waals surface area (Å²) in [6.45, 7) is 7.63. The Morgan fingerprint density at radius 3 is 2.14 bits per heavy atom. The molecule has 0 radical (unpaired) electrons. The van der Waals surface area contributed by atoms with Gasteiger partial charge in [0.05, 0.1) is 5.75 Å². The first-order valence-corrected chi connectivity index (χ1v) is 6.97. The molecule has 0 saturated heterocycles. The topological polar surface area (TPSA) is 46.2 Å². The Bertz CT molecular complexity index is 256. The van der Waals surface area contributed by atoms with E-state index in [9.17, 15) is 8.42 Å². The van der Waals surface area contributed by atoms with Crippen molar-refractivity contribution in [2.75, 3.05) is 11.6 Å². The summed E-state index contributed by atoms with van der Waals surface area (Å²) in [4.78, 5) is 0. The predicted octanol–water partition coefficient (Wildman–Crippen LogP) is 1.97. The van der Waals surface area contributed by atoms with Crippen molar-refractivity contribution in [3.05, 3.63) is 0 Å². The molecular weight excluding hydrogens is 222 g/mol. The molecule has 14 heavy (non-hydrogen) atoms. The van der Waals surface area contributed by atoms with Crippen LogP contribution in [0.1, 0.15) is 34.1 Å². The van der Waals surface area contributed by atoms with Crippen LogP contribution in [0.4, 0.5) is 0 Å². The molecular formula is C9H20ClNO2S. The van der Waals surface area contributed by atoms with Crippen molar-refractivity contribution in [2.45, 2.75) is 40.2 Å². The molecule has 0 amide bonds. The summed E-state index contributed by atoms with van der Waals surface area (Å²) < 4.78 is 25.4. The highest BCUT2D eigenvalue weighted by Crippen LogP contribution is 2.22. The number of alkyl halides is 1. The Labute approximate surface area is 92.3 Å². The normalized spacial score (nSPS) is 15.5. The molecule has 0 aliphatic rings. The molecule has 3 nitrogen and oxygen atoms in total. The van der Waals surface area contributed by atoms with Crippen LogP contribution in [0.2, 0.25) is 0 Å². The van der Waals surface area contributed by atoms with Gasteiger partial charge in [-0.15, -0.1) is 11.6 Å². The van der Waals surface area contributed by atoms with Crippen molar-refractivity contribution in [3.8, 4) is 0 Å². The lowest BCUT2D eigenvalue weighted by atomic mass is 9.86. The van der Waals surface area contributed by atoms with E-state index in [1.807, 2.05) is 20.8 Å². The first kappa shape index (κ1) is 14.2. The van der Waals surface area contributed by atoms with E-state index in [0.29, 0.717) is 12.3 Å². The molecule has 0 saturated carbocycles. The maximum atomic E-state index is 11.4. The predicted molar refractivity (Wildman–Crippen MR) is 61.2 cm³/mol. The maximum Gasteiger partial charge on any atom is 0.211 e. The van der Waals surface area contributed by atoms with Gasteiger partial charge < -0.3 is 0 Å². The number of hydrogen-bond acceptors (Lipinski definition) is 2. The van der Waals surface area contributed by atoms with E-state index >= 15 is 0 Å². The fraction of sp³-hybridized carbons (Fsp3) is 1.00. The van der Waals surface area contributed by atoms with E-state index in [-0.39, 0.29) is 17.2 Å². The van der Waals surface area contributed by atoms with Crippen LogP contribution in [-0.2, 0) is 10.0 Å². The SMILES string of the molecule is CCS(=O)(=O)NC(CCCl)C(C)(C)C. The van der Waals surface area contributed by atoms with Crippen molar-refractivity contribution in [3.63, 3.8) is 0 Å². The highest BCUT2D eigenvalue weighted by molar-refractivity contribution is 7.89. The van der Waals surface area contributed by atoms with E-state index in [4.69, 9.17) is 11.6 Å². The fourth-order valence-corrected chi connectivity index (χ4v) is 2.37. The number of nitrogens with one attached hydrogen (secondary N) is 1. The lowest BCUT2D eigenvalue weighted by molar-refractivity contribution is 0.293. The maximum absolute atomic E-state index is 11.4. The second-order valence-corrected chi connectivity index (χ2v) is 6.84. The molecule has 1 unspecified atom stereocenters. The molecule has 86 valence electrons. The molecule has 0 bridgehead atoms. The van der Waals surface area contributed by atoms with Gasteiger partial charge in [0.1, 0.15) is 0 Å². The van der Waals surface area contributed by atoms with Gasteiger partial charge in [-0.2, -0.15) is 0 Å². The molecule has 0 aliphatic heterocycles. The smallest absolute Gasteiger partial charge is 0.211 e. The summed E-state index contributed by atoms with van der Waals surface area (Å²) in [6, 6.07) is -0.0926. The molecule has 5 heteroatoms. The number of hydrogen-bond donors (Lipinski definition) is 1. The largest absolute Gasteiger partial charge is 0.212 e. The number of rotatable bonds is 5. The van der Waals surface area contributed by atoms with Crippen molar-refractivity contribution < 1.29 is 8.42 Å². The summed E-state index contributed by atoms with van der Waals surface area (Å²) in [6.07, 6.45) is 0.657. The van der Waals surface area contributed by atoms with Crippen LogP contribution in [-0.4, -0.2) is 26.1 Å². The third-order valence-corrected chi connectivity index (χ3v) is 3.77. The fourth-order valence-electron chi connectivity index (χ4n) is 1.08. The summed E-state index contributed by atoms with van der Waals surface area (Å²) in [5.74, 6) is 0.579. The van der Waals surface area contributed by atoms with Gasteiger partial charge in [-0.05, 0) is 18.8 Å². The van der Waals surface area contributed by atoms with Gasteiger partial charge in [0.25, 0.3) is 0 Å². The van der Waals surface area contributed by atoms with Crippen molar-refractivity contribution in [1.29, 1.82) is 0 Å². The Morgan fingerprint density at radius 1 is 1.36 bits per heavy atom. The van der Waals surface area contributed by atoms with Gasteiger partial charge in [0.15, 0.2) is 0 Å². The molecule has 0 heterocycles. The summed E-state index contributed by atoms with van der Waals surface area (Å²) >= 11 is 5.64. The van der Waals surface area contributed by atoms with E-state index in [1.54, 1.807) is 6.92 Å². The van der Waals surface area contributed by atoms with Gasteiger partial charge in [-0.25, -0.2) is 13.1 Å². The minimum absolute atomic E-state index is 0.0926. The quantitative estimate of drug-likeness (QED) is 0.749. The molecule has 1 N–H and O–H groups in total. The van der Waals surface area contributed by atoms with E-state index in [2.05, 4.69) is 4.72 Å². The summed E-state index contributed by atoms with van der Waals surface area (Å²) in [5.41, 5.74) is -0.100. The van der Waals surface area contributed by atoms with E-state index in [1.165, 1.54) is 0 Å². The number of halogens is 1. The zero-order valence-corrected chi connectivity index (χ0v) is 10.9. The highest BCUT2D eigenvalue weighted by atomic mass is 35.5. The lowest BCUT2D eigenvalue weighted by Crippen LogP contribution is -2.44. The molecule has 0 aromatic heterocycles. The molecule has 0 aromatic rings. The average molecular weight is 242 g/mol. The lowest BCUT2D eigenvalue weighted by Gasteiger charge is -2.30. The third kappa shape index (κ3) is 5.17. The van der Waals surface area contributed by atoms with Crippen molar-refractivity contribution >= 4 is 21.6 Å².